The lowest BCUT2D eigenvalue weighted by Crippen LogP contribution is -2.39. The summed E-state index contributed by atoms with van der Waals surface area (Å²) >= 11 is 0. The third kappa shape index (κ3) is 4.53. The highest BCUT2D eigenvalue weighted by Gasteiger charge is 2.28. The number of hydrogen-bond donors (Lipinski definition) is 5. The fraction of sp³-hybridized carbons (Fsp3) is 0.409. The monoisotopic (exact) mass is 444 g/mol. The van der Waals surface area contributed by atoms with Crippen LogP contribution in [0.25, 0.3) is 10.9 Å². The minimum absolute atomic E-state index is 0.0409. The molecular weight excluding hydrogens is 416 g/mol. The van der Waals surface area contributed by atoms with Crippen LogP contribution >= 0.6 is 0 Å². The van der Waals surface area contributed by atoms with Crippen LogP contribution in [-0.2, 0) is 22.9 Å². The largest absolute Gasteiger partial charge is 0.389 e. The highest BCUT2D eigenvalue weighted by molar-refractivity contribution is 7.89. The molecule has 9 heteroatoms. The molecule has 0 spiro atoms. The molecule has 0 unspecified atom stereocenters. The average Bonchev–Trinajstić information content (AvgIpc) is 3.26. The molecule has 166 valence electrons. The number of amides is 1. The number of sulfonamides is 1. The number of carbonyl (C=O) groups excluding carboxylic acids is 1. The van der Waals surface area contributed by atoms with E-state index in [2.05, 4.69) is 26.1 Å². The number of aryl methyl sites for hydroxylation is 2. The van der Waals surface area contributed by atoms with E-state index in [1.54, 1.807) is 20.8 Å². The second-order valence-corrected chi connectivity index (χ2v) is 10.5. The van der Waals surface area contributed by atoms with E-state index in [0.717, 1.165) is 17.6 Å². The lowest BCUT2D eigenvalue weighted by atomic mass is 9.92. The molecule has 0 bridgehead atoms. The molecular formula is C22H28N4O4S. The smallest absolute Gasteiger partial charge is 0.256 e. The first-order valence-corrected chi connectivity index (χ1v) is 11.8. The number of nitrogens with one attached hydrogen (secondary N) is 4. The van der Waals surface area contributed by atoms with E-state index in [-0.39, 0.29) is 23.2 Å². The maximum Gasteiger partial charge on any atom is 0.256 e. The number of H-pyrrole nitrogens is 2. The molecule has 1 atom stereocenters. The van der Waals surface area contributed by atoms with Gasteiger partial charge in [-0.25, -0.2) is 13.1 Å². The van der Waals surface area contributed by atoms with Gasteiger partial charge >= 0.3 is 0 Å². The van der Waals surface area contributed by atoms with Crippen molar-refractivity contribution in [2.24, 2.45) is 0 Å². The van der Waals surface area contributed by atoms with Gasteiger partial charge in [0, 0.05) is 41.3 Å². The molecule has 0 saturated heterocycles. The van der Waals surface area contributed by atoms with Gasteiger partial charge in [0.2, 0.25) is 0 Å². The van der Waals surface area contributed by atoms with Crippen molar-refractivity contribution in [3.8, 4) is 0 Å². The summed E-state index contributed by atoms with van der Waals surface area (Å²) in [5.41, 5.74) is 3.03. The van der Waals surface area contributed by atoms with E-state index < -0.39 is 21.5 Å². The van der Waals surface area contributed by atoms with Crippen LogP contribution in [0.4, 0.5) is 0 Å². The number of carbonyl (C=O) groups is 1. The van der Waals surface area contributed by atoms with Gasteiger partial charge in [0.15, 0.2) is 0 Å². The van der Waals surface area contributed by atoms with Crippen molar-refractivity contribution < 1.29 is 18.3 Å². The number of para-hydroxylation sites is 1. The van der Waals surface area contributed by atoms with E-state index in [9.17, 15) is 18.3 Å². The molecule has 3 aromatic rings. The van der Waals surface area contributed by atoms with Crippen LogP contribution in [0.2, 0.25) is 0 Å². The highest BCUT2D eigenvalue weighted by atomic mass is 32.2. The minimum Gasteiger partial charge on any atom is -0.389 e. The molecule has 0 saturated carbocycles. The first-order valence-electron chi connectivity index (χ1n) is 10.3. The van der Waals surface area contributed by atoms with Crippen molar-refractivity contribution >= 4 is 26.8 Å². The highest BCUT2D eigenvalue weighted by Crippen LogP contribution is 2.29. The molecule has 5 N–H and O–H groups in total. The molecule has 0 aliphatic heterocycles. The number of aliphatic hydroxyl groups is 1. The Morgan fingerprint density at radius 2 is 2.00 bits per heavy atom. The Hall–Kier alpha value is -2.62. The molecule has 4 rings (SSSR count). The van der Waals surface area contributed by atoms with Crippen molar-refractivity contribution in [1.29, 1.82) is 0 Å². The van der Waals surface area contributed by atoms with Crippen LogP contribution < -0.4 is 10.0 Å². The van der Waals surface area contributed by atoms with Gasteiger partial charge in [0.05, 0.1) is 11.2 Å². The van der Waals surface area contributed by atoms with Gasteiger partial charge in [-0.05, 0) is 51.3 Å². The van der Waals surface area contributed by atoms with Gasteiger partial charge in [-0.2, -0.15) is 0 Å². The van der Waals surface area contributed by atoms with Crippen LogP contribution in [0, 0.1) is 6.92 Å². The fourth-order valence-electron chi connectivity index (χ4n) is 4.07. The normalized spacial score (nSPS) is 17.0. The SMILES string of the molecule is Cc1[nH]c(S(=O)(=O)N[C@@H]2CCc3c([nH]c4ccccc34)C2)cc1C(=O)NCC(C)(C)O. The summed E-state index contributed by atoms with van der Waals surface area (Å²) in [5, 5.41) is 13.6. The lowest BCUT2D eigenvalue weighted by Gasteiger charge is -2.23. The Bertz CT molecular complexity index is 1230. The predicted octanol–water partition coefficient (Wildman–Crippen LogP) is 2.14. The summed E-state index contributed by atoms with van der Waals surface area (Å²) in [5.74, 6) is -0.433. The molecule has 31 heavy (non-hydrogen) atoms. The van der Waals surface area contributed by atoms with Crippen molar-refractivity contribution in [3.05, 3.63) is 52.8 Å². The van der Waals surface area contributed by atoms with E-state index in [1.807, 2.05) is 18.2 Å². The van der Waals surface area contributed by atoms with Crippen LogP contribution in [0.15, 0.2) is 35.4 Å². The molecule has 0 fully saturated rings. The molecule has 1 aliphatic rings. The quantitative estimate of drug-likeness (QED) is 0.399. The maximum absolute atomic E-state index is 13.0. The summed E-state index contributed by atoms with van der Waals surface area (Å²) in [7, 11) is -3.82. The number of aromatic nitrogens is 2. The van der Waals surface area contributed by atoms with Crippen LogP contribution in [0.3, 0.4) is 0 Å². The molecule has 1 aliphatic carbocycles. The van der Waals surface area contributed by atoms with Crippen LogP contribution in [0.1, 0.15) is 47.6 Å². The summed E-state index contributed by atoms with van der Waals surface area (Å²) in [6.45, 7) is 4.88. The fourth-order valence-corrected chi connectivity index (χ4v) is 5.39. The number of aromatic amines is 2. The van der Waals surface area contributed by atoms with Crippen molar-refractivity contribution in [2.45, 2.75) is 56.7 Å². The third-order valence-corrected chi connectivity index (χ3v) is 7.07. The van der Waals surface area contributed by atoms with Gasteiger partial charge in [-0.1, -0.05) is 18.2 Å². The predicted molar refractivity (Wildman–Crippen MR) is 119 cm³/mol. The number of rotatable bonds is 6. The summed E-state index contributed by atoms with van der Waals surface area (Å²) in [6, 6.07) is 9.21. The third-order valence-electron chi connectivity index (χ3n) is 5.62. The van der Waals surface area contributed by atoms with Gasteiger partial charge in [0.1, 0.15) is 5.03 Å². The Labute approximate surface area is 181 Å². The number of hydrogen-bond acceptors (Lipinski definition) is 4. The molecule has 1 aromatic carbocycles. The first-order chi connectivity index (χ1) is 14.5. The molecule has 0 radical (unpaired) electrons. The average molecular weight is 445 g/mol. The Morgan fingerprint density at radius 3 is 2.74 bits per heavy atom. The Kier molecular flexibility index (Phi) is 5.45. The molecule has 2 heterocycles. The molecule has 8 nitrogen and oxygen atoms in total. The van der Waals surface area contributed by atoms with E-state index in [4.69, 9.17) is 0 Å². The first kappa shape index (κ1) is 21.6. The molecule has 1 amide bonds. The number of fused-ring (bicyclic) bond motifs is 3. The lowest BCUT2D eigenvalue weighted by molar-refractivity contribution is 0.0694. The zero-order valence-corrected chi connectivity index (χ0v) is 18.7. The van der Waals surface area contributed by atoms with Gasteiger partial charge < -0.3 is 20.4 Å². The summed E-state index contributed by atoms with van der Waals surface area (Å²) < 4.78 is 28.7. The van der Waals surface area contributed by atoms with E-state index in [0.29, 0.717) is 18.5 Å². The molecule has 2 aromatic heterocycles. The summed E-state index contributed by atoms with van der Waals surface area (Å²) in [4.78, 5) is 18.6. The topological polar surface area (TPSA) is 127 Å². The van der Waals surface area contributed by atoms with Gasteiger partial charge in [0.25, 0.3) is 15.9 Å². The van der Waals surface area contributed by atoms with Gasteiger partial charge in [-0.15, -0.1) is 0 Å². The van der Waals surface area contributed by atoms with Crippen molar-refractivity contribution in [2.75, 3.05) is 6.54 Å². The zero-order chi connectivity index (χ0) is 22.4. The van der Waals surface area contributed by atoms with Crippen LogP contribution in [-0.4, -0.2) is 47.6 Å². The van der Waals surface area contributed by atoms with E-state index in [1.165, 1.54) is 17.0 Å². The maximum atomic E-state index is 13.0. The second kappa shape index (κ2) is 7.81. The van der Waals surface area contributed by atoms with Crippen molar-refractivity contribution in [1.82, 2.24) is 20.0 Å². The van der Waals surface area contributed by atoms with E-state index >= 15 is 0 Å². The van der Waals surface area contributed by atoms with Crippen LogP contribution in [0.5, 0.6) is 0 Å². The Balaban J connectivity index is 1.49. The zero-order valence-electron chi connectivity index (χ0n) is 17.9. The summed E-state index contributed by atoms with van der Waals surface area (Å²) in [6.07, 6.45) is 2.08. The minimum atomic E-state index is -3.82. The Morgan fingerprint density at radius 1 is 1.26 bits per heavy atom. The number of benzene rings is 1. The standard InChI is InChI=1S/C22H28N4O4S/c1-13-17(21(27)23-12-22(2,3)28)11-20(24-13)31(29,30)26-14-8-9-16-15-6-4-5-7-18(15)25-19(16)10-14/h4-7,11,14,24-26,28H,8-10,12H2,1-3H3,(H,23,27)/t14-/m1/s1. The van der Waals surface area contributed by atoms with Gasteiger partial charge in [-0.3, -0.25) is 4.79 Å². The van der Waals surface area contributed by atoms with Crippen molar-refractivity contribution in [3.63, 3.8) is 0 Å². The second-order valence-electron chi connectivity index (χ2n) is 8.86.